The van der Waals surface area contributed by atoms with Crippen LogP contribution in [0.3, 0.4) is 0 Å². The smallest absolute Gasteiger partial charge is 0.253 e. The first-order valence-corrected chi connectivity index (χ1v) is 10.2. The number of nitrogens with zero attached hydrogens (tertiary/aromatic N) is 1. The summed E-state index contributed by atoms with van der Waals surface area (Å²) in [5, 5.41) is 12.2. The van der Waals surface area contributed by atoms with E-state index in [0.717, 1.165) is 16.2 Å². The fraction of sp³-hybridized carbons (Fsp3) is 0.190. The van der Waals surface area contributed by atoms with Gasteiger partial charge >= 0.3 is 0 Å². The number of nitrogens with one attached hydrogen (secondary N) is 1. The van der Waals surface area contributed by atoms with E-state index in [1.165, 1.54) is 28.0 Å². The number of aromatic hydroxyl groups is 1. The van der Waals surface area contributed by atoms with E-state index >= 15 is 0 Å². The van der Waals surface area contributed by atoms with Gasteiger partial charge in [-0.05, 0) is 60.6 Å². The summed E-state index contributed by atoms with van der Waals surface area (Å²) in [6.45, 7) is 0.366. The van der Waals surface area contributed by atoms with Crippen molar-refractivity contribution in [2.45, 2.75) is 19.4 Å². The van der Waals surface area contributed by atoms with Crippen molar-refractivity contribution in [1.29, 1.82) is 0 Å². The summed E-state index contributed by atoms with van der Waals surface area (Å²) in [7, 11) is 1.60. The molecule has 1 heterocycles. The van der Waals surface area contributed by atoms with Crippen LogP contribution < -0.4 is 15.6 Å². The molecule has 1 amide bonds. The van der Waals surface area contributed by atoms with Crippen molar-refractivity contribution in [2.75, 3.05) is 12.4 Å². The van der Waals surface area contributed by atoms with Crippen LogP contribution in [0.15, 0.2) is 59.4 Å². The molecule has 150 valence electrons. The highest BCUT2D eigenvalue weighted by Gasteiger charge is 2.08. The molecule has 8 heteroatoms. The van der Waals surface area contributed by atoms with E-state index in [0.29, 0.717) is 22.6 Å². The monoisotopic (exact) mass is 428 g/mol. The number of ether oxygens (including phenoxy) is 1. The zero-order valence-corrected chi connectivity index (χ0v) is 17.4. The van der Waals surface area contributed by atoms with Crippen molar-refractivity contribution >= 4 is 35.1 Å². The average molecular weight is 429 g/mol. The summed E-state index contributed by atoms with van der Waals surface area (Å²) >= 11 is 6.76. The van der Waals surface area contributed by atoms with Crippen molar-refractivity contribution in [3.63, 3.8) is 0 Å². The molecule has 0 aliphatic rings. The molecule has 3 aromatic rings. The highest BCUT2D eigenvalue weighted by molar-refractivity contribution is 7.73. The van der Waals surface area contributed by atoms with Crippen LogP contribution >= 0.6 is 23.6 Å². The van der Waals surface area contributed by atoms with E-state index in [4.69, 9.17) is 17.0 Å². The maximum absolute atomic E-state index is 12.5. The molecule has 0 unspecified atom stereocenters. The van der Waals surface area contributed by atoms with Crippen molar-refractivity contribution in [3.05, 3.63) is 68.9 Å². The summed E-state index contributed by atoms with van der Waals surface area (Å²) in [5.74, 6) is 0.645. The second kappa shape index (κ2) is 9.49. The molecule has 0 fully saturated rings. The summed E-state index contributed by atoms with van der Waals surface area (Å²) in [6.07, 6.45) is 0.713. The molecule has 0 aliphatic carbocycles. The molecule has 0 atom stereocenters. The average Bonchev–Trinajstić information content (AvgIpc) is 2.70. The van der Waals surface area contributed by atoms with Crippen LogP contribution in [0.4, 0.5) is 5.69 Å². The van der Waals surface area contributed by atoms with Crippen LogP contribution in [-0.2, 0) is 11.3 Å². The number of anilines is 1. The van der Waals surface area contributed by atoms with E-state index in [1.807, 2.05) is 24.3 Å². The van der Waals surface area contributed by atoms with Crippen molar-refractivity contribution in [1.82, 2.24) is 4.57 Å². The van der Waals surface area contributed by atoms with Crippen LogP contribution in [0.1, 0.15) is 12.8 Å². The van der Waals surface area contributed by atoms with Gasteiger partial charge < -0.3 is 15.2 Å². The Morgan fingerprint density at radius 1 is 1.21 bits per heavy atom. The molecule has 3 rings (SSSR count). The summed E-state index contributed by atoms with van der Waals surface area (Å²) in [5.41, 5.74) is 1.24. The minimum absolute atomic E-state index is 0.0866. The maximum Gasteiger partial charge on any atom is 0.253 e. The molecule has 0 spiro atoms. The third kappa shape index (κ3) is 5.52. The van der Waals surface area contributed by atoms with Crippen LogP contribution in [0.5, 0.6) is 11.5 Å². The van der Waals surface area contributed by atoms with Gasteiger partial charge in [-0.3, -0.25) is 14.2 Å². The van der Waals surface area contributed by atoms with Crippen molar-refractivity contribution in [3.8, 4) is 21.9 Å². The lowest BCUT2D eigenvalue weighted by Crippen LogP contribution is -2.20. The quantitative estimate of drug-likeness (QED) is 0.544. The fourth-order valence-electron chi connectivity index (χ4n) is 2.76. The summed E-state index contributed by atoms with van der Waals surface area (Å²) in [4.78, 5) is 25.4. The molecule has 0 aliphatic heterocycles. The van der Waals surface area contributed by atoms with Gasteiger partial charge in [0.15, 0.2) is 3.95 Å². The second-order valence-electron chi connectivity index (χ2n) is 6.30. The highest BCUT2D eigenvalue weighted by Crippen LogP contribution is 2.25. The number of phenols is 1. The van der Waals surface area contributed by atoms with Gasteiger partial charge in [0.25, 0.3) is 5.56 Å². The van der Waals surface area contributed by atoms with Gasteiger partial charge in [-0.25, -0.2) is 0 Å². The molecule has 6 nitrogen and oxygen atoms in total. The minimum Gasteiger partial charge on any atom is -0.508 e. The number of hydrogen-bond donors (Lipinski definition) is 2. The van der Waals surface area contributed by atoms with Crippen LogP contribution in [0.2, 0.25) is 0 Å². The van der Waals surface area contributed by atoms with Crippen LogP contribution in [0, 0.1) is 3.95 Å². The number of hydrogen-bond acceptors (Lipinski definition) is 6. The molecule has 0 bridgehead atoms. The molecule has 2 N–H and O–H groups in total. The fourth-order valence-corrected chi connectivity index (χ4v) is 4.11. The lowest BCUT2D eigenvalue weighted by molar-refractivity contribution is -0.116. The first-order chi connectivity index (χ1) is 14.0. The van der Waals surface area contributed by atoms with Gasteiger partial charge in [-0.15, -0.1) is 11.3 Å². The number of phenolic OH excluding ortho intramolecular Hbond substituents is 1. The topological polar surface area (TPSA) is 80.6 Å². The minimum atomic E-state index is -0.187. The highest BCUT2D eigenvalue weighted by atomic mass is 32.1. The van der Waals surface area contributed by atoms with Gasteiger partial charge in [0, 0.05) is 35.7 Å². The number of rotatable bonds is 7. The van der Waals surface area contributed by atoms with Crippen LogP contribution in [0.25, 0.3) is 10.4 Å². The third-order valence-electron chi connectivity index (χ3n) is 4.23. The molecule has 1 aromatic heterocycles. The molecule has 29 heavy (non-hydrogen) atoms. The van der Waals surface area contributed by atoms with Gasteiger partial charge in [0.05, 0.1) is 7.11 Å². The Hall–Kier alpha value is -2.97. The predicted molar refractivity (Wildman–Crippen MR) is 117 cm³/mol. The van der Waals surface area contributed by atoms with E-state index in [1.54, 1.807) is 25.3 Å². The number of carbonyl (C=O) groups excluding carboxylic acids is 1. The predicted octanol–water partition coefficient (Wildman–Crippen LogP) is 4.44. The molecule has 0 saturated heterocycles. The third-order valence-corrected chi connectivity index (χ3v) is 5.67. The van der Waals surface area contributed by atoms with Gasteiger partial charge in [0.1, 0.15) is 11.5 Å². The Labute approximate surface area is 177 Å². The van der Waals surface area contributed by atoms with E-state index < -0.39 is 0 Å². The zero-order chi connectivity index (χ0) is 20.8. The molecule has 2 aromatic carbocycles. The number of carbonyl (C=O) groups is 1. The van der Waals surface area contributed by atoms with E-state index in [9.17, 15) is 14.7 Å². The number of amides is 1. The zero-order valence-electron chi connectivity index (χ0n) is 15.8. The Balaban J connectivity index is 1.63. The Morgan fingerprint density at radius 2 is 1.97 bits per heavy atom. The lowest BCUT2D eigenvalue weighted by Gasteiger charge is -2.09. The Kier molecular flexibility index (Phi) is 6.79. The summed E-state index contributed by atoms with van der Waals surface area (Å²) < 4.78 is 7.13. The van der Waals surface area contributed by atoms with Gasteiger partial charge in [0.2, 0.25) is 5.91 Å². The number of benzene rings is 2. The molecule has 0 saturated carbocycles. The van der Waals surface area contributed by atoms with Gasteiger partial charge in [-0.1, -0.05) is 6.07 Å². The first-order valence-electron chi connectivity index (χ1n) is 8.94. The largest absolute Gasteiger partial charge is 0.508 e. The first kappa shape index (κ1) is 20.8. The Bertz CT molecular complexity index is 1090. The molecule has 0 radical (unpaired) electrons. The lowest BCUT2D eigenvalue weighted by atomic mass is 10.2. The Morgan fingerprint density at radius 3 is 2.62 bits per heavy atom. The molecular weight excluding hydrogens is 408 g/mol. The standard InChI is InChI=1S/C21H20N2O4S2/c1-27-17-9-7-14(8-10-17)18-13-20(26)23(21(28)29-18)11-3-6-19(25)22-15-4-2-5-16(24)12-15/h2,4-5,7-10,12-13,24H,3,6,11H2,1H3,(H,22,25). The van der Waals surface area contributed by atoms with E-state index in [2.05, 4.69) is 5.32 Å². The maximum atomic E-state index is 12.5. The van der Waals surface area contributed by atoms with Crippen molar-refractivity contribution in [2.24, 2.45) is 0 Å². The number of aromatic nitrogens is 1. The SMILES string of the molecule is COc1ccc(-c2cc(=O)n(CCCC(=O)Nc3cccc(O)c3)c(=S)s2)cc1. The number of methoxy groups -OCH3 is 1. The summed E-state index contributed by atoms with van der Waals surface area (Å²) in [6, 6.07) is 15.4. The van der Waals surface area contributed by atoms with E-state index in [-0.39, 0.29) is 23.6 Å². The normalized spacial score (nSPS) is 10.5. The van der Waals surface area contributed by atoms with Gasteiger partial charge in [-0.2, -0.15) is 0 Å². The van der Waals surface area contributed by atoms with Crippen molar-refractivity contribution < 1.29 is 14.6 Å². The van der Waals surface area contributed by atoms with Crippen LogP contribution in [-0.4, -0.2) is 22.7 Å². The second-order valence-corrected chi connectivity index (χ2v) is 7.97. The molecular formula is C21H20N2O4S2.